The third kappa shape index (κ3) is 5.52. The van der Waals surface area contributed by atoms with Gasteiger partial charge in [-0.15, -0.1) is 0 Å². The minimum absolute atomic E-state index is 0.0672. The van der Waals surface area contributed by atoms with E-state index in [9.17, 15) is 9.59 Å². The summed E-state index contributed by atoms with van der Waals surface area (Å²) in [6, 6.07) is 1.33. The SMILES string of the molecule is COCCNC(=O)CNc1cc(=O)[nH]c(C(C)C)n1. The first-order valence-electron chi connectivity index (χ1n) is 6.13. The zero-order valence-electron chi connectivity index (χ0n) is 11.4. The molecule has 0 saturated heterocycles. The number of aromatic nitrogens is 2. The lowest BCUT2D eigenvalue weighted by molar-refractivity contribution is -0.119. The van der Waals surface area contributed by atoms with Gasteiger partial charge < -0.3 is 20.4 Å². The number of rotatable bonds is 7. The molecule has 0 aromatic carbocycles. The fourth-order valence-electron chi connectivity index (χ4n) is 1.37. The second kappa shape index (κ2) is 7.52. The van der Waals surface area contributed by atoms with Crippen LogP contribution in [0.25, 0.3) is 0 Å². The van der Waals surface area contributed by atoms with Crippen molar-refractivity contribution in [3.8, 4) is 0 Å². The molecule has 0 aliphatic carbocycles. The highest BCUT2D eigenvalue weighted by Crippen LogP contribution is 2.08. The molecule has 0 aliphatic rings. The predicted molar refractivity (Wildman–Crippen MR) is 72.3 cm³/mol. The molecule has 1 heterocycles. The van der Waals surface area contributed by atoms with Gasteiger partial charge in [0.1, 0.15) is 11.6 Å². The maximum atomic E-state index is 11.5. The summed E-state index contributed by atoms with van der Waals surface area (Å²) in [6.45, 7) is 4.85. The Labute approximate surface area is 111 Å². The number of H-pyrrole nitrogens is 1. The second-order valence-electron chi connectivity index (χ2n) is 4.37. The van der Waals surface area contributed by atoms with Crippen LogP contribution in [-0.2, 0) is 9.53 Å². The van der Waals surface area contributed by atoms with Gasteiger partial charge in [-0.1, -0.05) is 13.8 Å². The summed E-state index contributed by atoms with van der Waals surface area (Å²) in [5, 5.41) is 5.49. The van der Waals surface area contributed by atoms with Gasteiger partial charge in [0.15, 0.2) is 0 Å². The Morgan fingerprint density at radius 2 is 2.26 bits per heavy atom. The summed E-state index contributed by atoms with van der Waals surface area (Å²) in [5.41, 5.74) is -0.235. The lowest BCUT2D eigenvalue weighted by Gasteiger charge is -2.09. The fourth-order valence-corrected chi connectivity index (χ4v) is 1.37. The lowest BCUT2D eigenvalue weighted by atomic mass is 10.2. The predicted octanol–water partition coefficient (Wildman–Crippen LogP) is 0.0678. The third-order valence-corrected chi connectivity index (χ3v) is 2.37. The van der Waals surface area contributed by atoms with Crippen LogP contribution in [-0.4, -0.2) is 42.7 Å². The maximum absolute atomic E-state index is 11.5. The van der Waals surface area contributed by atoms with Crippen LogP contribution < -0.4 is 16.2 Å². The number of amides is 1. The number of methoxy groups -OCH3 is 1. The molecule has 0 radical (unpaired) electrons. The summed E-state index contributed by atoms with van der Waals surface area (Å²) in [4.78, 5) is 29.8. The third-order valence-electron chi connectivity index (χ3n) is 2.37. The number of aromatic amines is 1. The van der Waals surface area contributed by atoms with E-state index in [1.165, 1.54) is 6.07 Å². The van der Waals surface area contributed by atoms with Crippen LogP contribution in [0.4, 0.5) is 5.82 Å². The van der Waals surface area contributed by atoms with E-state index in [1.807, 2.05) is 13.8 Å². The van der Waals surface area contributed by atoms with Crippen LogP contribution in [0.5, 0.6) is 0 Å². The van der Waals surface area contributed by atoms with E-state index in [0.717, 1.165) is 0 Å². The highest BCUT2D eigenvalue weighted by molar-refractivity contribution is 5.80. The zero-order chi connectivity index (χ0) is 14.3. The molecule has 7 heteroatoms. The second-order valence-corrected chi connectivity index (χ2v) is 4.37. The molecule has 106 valence electrons. The lowest BCUT2D eigenvalue weighted by Crippen LogP contribution is -2.32. The molecule has 0 aliphatic heterocycles. The van der Waals surface area contributed by atoms with Crippen molar-refractivity contribution in [2.45, 2.75) is 19.8 Å². The van der Waals surface area contributed by atoms with Gasteiger partial charge in [0, 0.05) is 25.6 Å². The molecule has 1 aromatic heterocycles. The Hall–Kier alpha value is -1.89. The van der Waals surface area contributed by atoms with Gasteiger partial charge in [0.25, 0.3) is 5.56 Å². The molecule has 1 rings (SSSR count). The Morgan fingerprint density at radius 1 is 1.53 bits per heavy atom. The first-order chi connectivity index (χ1) is 9.02. The number of nitrogens with one attached hydrogen (secondary N) is 3. The Morgan fingerprint density at radius 3 is 2.89 bits per heavy atom. The molecule has 19 heavy (non-hydrogen) atoms. The summed E-state index contributed by atoms with van der Waals surface area (Å²) in [5.74, 6) is 0.930. The Bertz CT molecular complexity index is 470. The largest absolute Gasteiger partial charge is 0.383 e. The summed E-state index contributed by atoms with van der Waals surface area (Å²) in [7, 11) is 1.57. The van der Waals surface area contributed by atoms with Gasteiger partial charge in [-0.25, -0.2) is 4.98 Å². The Kier molecular flexibility index (Phi) is 6.01. The summed E-state index contributed by atoms with van der Waals surface area (Å²) >= 11 is 0. The summed E-state index contributed by atoms with van der Waals surface area (Å²) in [6.07, 6.45) is 0. The first-order valence-corrected chi connectivity index (χ1v) is 6.13. The minimum atomic E-state index is -0.235. The normalized spacial score (nSPS) is 10.5. The number of anilines is 1. The number of hydrogen-bond acceptors (Lipinski definition) is 5. The number of ether oxygens (including phenoxy) is 1. The van der Waals surface area contributed by atoms with Gasteiger partial charge in [0.05, 0.1) is 13.2 Å². The van der Waals surface area contributed by atoms with Crippen molar-refractivity contribution in [3.05, 3.63) is 22.2 Å². The van der Waals surface area contributed by atoms with Crippen LogP contribution in [0.3, 0.4) is 0 Å². The van der Waals surface area contributed by atoms with Gasteiger partial charge in [-0.05, 0) is 0 Å². The van der Waals surface area contributed by atoms with E-state index in [4.69, 9.17) is 4.74 Å². The molecule has 3 N–H and O–H groups in total. The van der Waals surface area contributed by atoms with E-state index in [1.54, 1.807) is 7.11 Å². The van der Waals surface area contributed by atoms with Crippen LogP contribution in [0.1, 0.15) is 25.6 Å². The van der Waals surface area contributed by atoms with Gasteiger partial charge in [-0.3, -0.25) is 9.59 Å². The number of nitrogens with zero attached hydrogens (tertiary/aromatic N) is 1. The van der Waals surface area contributed by atoms with Crippen LogP contribution in [0.2, 0.25) is 0 Å². The van der Waals surface area contributed by atoms with E-state index >= 15 is 0 Å². The van der Waals surface area contributed by atoms with Crippen molar-refractivity contribution in [2.75, 3.05) is 32.1 Å². The van der Waals surface area contributed by atoms with E-state index in [-0.39, 0.29) is 23.9 Å². The monoisotopic (exact) mass is 268 g/mol. The number of carbonyl (C=O) groups is 1. The smallest absolute Gasteiger partial charge is 0.252 e. The maximum Gasteiger partial charge on any atom is 0.252 e. The van der Waals surface area contributed by atoms with Crippen LogP contribution in [0.15, 0.2) is 10.9 Å². The van der Waals surface area contributed by atoms with Crippen molar-refractivity contribution in [3.63, 3.8) is 0 Å². The quantitative estimate of drug-likeness (QED) is 0.608. The molecule has 0 fully saturated rings. The van der Waals surface area contributed by atoms with E-state index < -0.39 is 0 Å². The summed E-state index contributed by atoms with van der Waals surface area (Å²) < 4.78 is 4.82. The molecular weight excluding hydrogens is 248 g/mol. The van der Waals surface area contributed by atoms with Crippen molar-refractivity contribution in [1.82, 2.24) is 15.3 Å². The van der Waals surface area contributed by atoms with Crippen molar-refractivity contribution >= 4 is 11.7 Å². The van der Waals surface area contributed by atoms with Gasteiger partial charge >= 0.3 is 0 Å². The van der Waals surface area contributed by atoms with Gasteiger partial charge in [0.2, 0.25) is 5.91 Å². The molecule has 0 spiro atoms. The van der Waals surface area contributed by atoms with E-state index in [2.05, 4.69) is 20.6 Å². The van der Waals surface area contributed by atoms with E-state index in [0.29, 0.717) is 24.8 Å². The fraction of sp³-hybridized carbons (Fsp3) is 0.583. The van der Waals surface area contributed by atoms with Crippen LogP contribution >= 0.6 is 0 Å². The Balaban J connectivity index is 2.53. The van der Waals surface area contributed by atoms with Crippen molar-refractivity contribution in [2.24, 2.45) is 0 Å². The molecule has 1 amide bonds. The average molecular weight is 268 g/mol. The highest BCUT2D eigenvalue weighted by atomic mass is 16.5. The molecule has 0 saturated carbocycles. The topological polar surface area (TPSA) is 96.1 Å². The first kappa shape index (κ1) is 15.2. The minimum Gasteiger partial charge on any atom is -0.383 e. The molecule has 0 unspecified atom stereocenters. The van der Waals surface area contributed by atoms with Gasteiger partial charge in [-0.2, -0.15) is 0 Å². The van der Waals surface area contributed by atoms with Crippen molar-refractivity contribution < 1.29 is 9.53 Å². The highest BCUT2D eigenvalue weighted by Gasteiger charge is 2.06. The molecular formula is C12H20N4O3. The molecule has 0 bridgehead atoms. The molecule has 1 aromatic rings. The molecule has 7 nitrogen and oxygen atoms in total. The number of carbonyl (C=O) groups excluding carboxylic acids is 1. The van der Waals surface area contributed by atoms with Crippen molar-refractivity contribution in [1.29, 1.82) is 0 Å². The number of hydrogen-bond donors (Lipinski definition) is 3. The standard InChI is InChI=1S/C12H20N4O3/c1-8(2)12-15-9(6-10(17)16-12)14-7-11(18)13-4-5-19-3/h6,8H,4-5,7H2,1-3H3,(H,13,18)(H2,14,15,16,17). The molecule has 0 atom stereocenters. The average Bonchev–Trinajstić information content (AvgIpc) is 2.36. The zero-order valence-corrected chi connectivity index (χ0v) is 11.4. The van der Waals surface area contributed by atoms with Crippen LogP contribution in [0, 0.1) is 0 Å².